The summed E-state index contributed by atoms with van der Waals surface area (Å²) >= 11 is 0. The number of carbonyl (C=O) groups is 2. The summed E-state index contributed by atoms with van der Waals surface area (Å²) in [4.78, 5) is 22.0. The quantitative estimate of drug-likeness (QED) is 0.334. The maximum absolute atomic E-state index is 11.7. The van der Waals surface area contributed by atoms with Crippen LogP contribution in [0.25, 0.3) is 0 Å². The fourth-order valence-corrected chi connectivity index (χ4v) is 3.34. The largest absolute Gasteiger partial charge is 0.575 e. The van der Waals surface area contributed by atoms with E-state index in [0.29, 0.717) is 26.1 Å². The molecule has 6 heteroatoms. The molecule has 0 unspecified atom stereocenters. The Bertz CT molecular complexity index is 190. The third kappa shape index (κ3) is 4.21. The Kier molecular flexibility index (Phi) is 7.40. The first kappa shape index (κ1) is 14.4. The molecule has 0 N–H and O–H groups in total. The van der Waals surface area contributed by atoms with Crippen molar-refractivity contribution in [2.75, 3.05) is 19.8 Å². The predicted octanol–water partition coefficient (Wildman–Crippen LogP) is 0.732. The van der Waals surface area contributed by atoms with Crippen molar-refractivity contribution in [2.45, 2.75) is 27.2 Å². The lowest BCUT2D eigenvalue weighted by Crippen LogP contribution is -2.54. The van der Waals surface area contributed by atoms with Gasteiger partial charge >= 0.3 is 8.80 Å². The standard InChI is InChI=1S/C9H18O5Si/c1-4-12-15(13-5-2,14-6-3)9(11)7-8-10/h8H,4-7H2,1-3H3. The minimum Gasteiger partial charge on any atom is -0.369 e. The lowest BCUT2D eigenvalue weighted by Gasteiger charge is -2.25. The van der Waals surface area contributed by atoms with Crippen molar-refractivity contribution in [3.05, 3.63) is 0 Å². The summed E-state index contributed by atoms with van der Waals surface area (Å²) in [5.41, 5.74) is 0. The summed E-state index contributed by atoms with van der Waals surface area (Å²) in [6, 6.07) is 0. The van der Waals surface area contributed by atoms with Gasteiger partial charge < -0.3 is 18.1 Å². The van der Waals surface area contributed by atoms with E-state index < -0.39 is 8.80 Å². The third-order valence-electron chi connectivity index (χ3n) is 1.61. The van der Waals surface area contributed by atoms with Crippen LogP contribution in [0.15, 0.2) is 0 Å². The van der Waals surface area contributed by atoms with Crippen molar-refractivity contribution >= 4 is 20.5 Å². The molecule has 0 saturated carbocycles. The molecule has 0 aliphatic rings. The summed E-state index contributed by atoms with van der Waals surface area (Å²) in [5.74, 6) is 0. The van der Waals surface area contributed by atoms with E-state index in [9.17, 15) is 9.59 Å². The second-order valence-corrected chi connectivity index (χ2v) is 5.19. The van der Waals surface area contributed by atoms with Crippen LogP contribution in [0.5, 0.6) is 0 Å². The van der Waals surface area contributed by atoms with Gasteiger partial charge in [-0.25, -0.2) is 0 Å². The highest BCUT2D eigenvalue weighted by atomic mass is 28.4. The highest BCUT2D eigenvalue weighted by molar-refractivity contribution is 6.92. The number of rotatable bonds is 9. The lowest BCUT2D eigenvalue weighted by atomic mass is 10.5. The first-order valence-electron chi connectivity index (χ1n) is 5.05. The predicted molar refractivity (Wildman–Crippen MR) is 56.3 cm³/mol. The van der Waals surface area contributed by atoms with Gasteiger partial charge in [0.25, 0.3) is 0 Å². The van der Waals surface area contributed by atoms with Gasteiger partial charge in [-0.3, -0.25) is 4.79 Å². The van der Waals surface area contributed by atoms with Gasteiger partial charge in [0.15, 0.2) is 0 Å². The van der Waals surface area contributed by atoms with Gasteiger partial charge in [-0.2, -0.15) is 0 Å². The number of aldehydes is 1. The van der Waals surface area contributed by atoms with Crippen molar-refractivity contribution in [1.82, 2.24) is 0 Å². The van der Waals surface area contributed by atoms with Gasteiger partial charge in [0, 0.05) is 19.8 Å². The Morgan fingerprint density at radius 1 is 1.07 bits per heavy atom. The van der Waals surface area contributed by atoms with Gasteiger partial charge in [0.2, 0.25) is 5.41 Å². The van der Waals surface area contributed by atoms with Crippen molar-refractivity contribution in [2.24, 2.45) is 0 Å². The summed E-state index contributed by atoms with van der Waals surface area (Å²) in [6.07, 6.45) is 0.327. The van der Waals surface area contributed by atoms with Gasteiger partial charge in [0.1, 0.15) is 6.29 Å². The van der Waals surface area contributed by atoms with Gasteiger partial charge in [0.05, 0.1) is 6.42 Å². The molecule has 88 valence electrons. The molecule has 0 heterocycles. The van der Waals surface area contributed by atoms with Crippen LogP contribution in [-0.2, 0) is 22.9 Å². The average Bonchev–Trinajstić information content (AvgIpc) is 2.19. The van der Waals surface area contributed by atoms with Crippen LogP contribution in [0.1, 0.15) is 27.2 Å². The Labute approximate surface area is 91.1 Å². The van der Waals surface area contributed by atoms with E-state index in [4.69, 9.17) is 13.3 Å². The van der Waals surface area contributed by atoms with E-state index in [2.05, 4.69) is 0 Å². The monoisotopic (exact) mass is 234 g/mol. The number of carbonyl (C=O) groups excluding carboxylic acids is 2. The molecule has 15 heavy (non-hydrogen) atoms. The molecule has 0 aliphatic heterocycles. The minimum absolute atomic E-state index is 0.216. The fourth-order valence-electron chi connectivity index (χ4n) is 1.14. The van der Waals surface area contributed by atoms with Gasteiger partial charge in [-0.15, -0.1) is 0 Å². The summed E-state index contributed by atoms with van der Waals surface area (Å²) in [5, 5.41) is -0.372. The van der Waals surface area contributed by atoms with E-state index in [-0.39, 0.29) is 11.8 Å². The molecule has 0 fully saturated rings. The normalized spacial score (nSPS) is 11.4. The van der Waals surface area contributed by atoms with Crippen LogP contribution in [0.2, 0.25) is 0 Å². The minimum atomic E-state index is -3.29. The molecule has 0 aromatic rings. The second kappa shape index (κ2) is 7.69. The van der Waals surface area contributed by atoms with Crippen LogP contribution in [-0.4, -0.2) is 40.3 Å². The first-order valence-corrected chi connectivity index (χ1v) is 6.78. The SMILES string of the molecule is CCO[Si](OCC)(OCC)C(=O)CC=O. The fraction of sp³-hybridized carbons (Fsp3) is 0.778. The zero-order valence-corrected chi connectivity index (χ0v) is 10.4. The summed E-state index contributed by atoms with van der Waals surface area (Å²) < 4.78 is 15.9. The molecule has 5 nitrogen and oxygen atoms in total. The molecule has 0 spiro atoms. The lowest BCUT2D eigenvalue weighted by molar-refractivity contribution is -0.122. The first-order chi connectivity index (χ1) is 7.16. The Morgan fingerprint density at radius 3 is 1.73 bits per heavy atom. The molecular formula is C9H18O5Si. The number of hydrogen-bond donors (Lipinski definition) is 0. The topological polar surface area (TPSA) is 61.8 Å². The van der Waals surface area contributed by atoms with Gasteiger partial charge in [-0.1, -0.05) is 0 Å². The Morgan fingerprint density at radius 2 is 1.47 bits per heavy atom. The van der Waals surface area contributed by atoms with E-state index in [1.54, 1.807) is 20.8 Å². The second-order valence-electron chi connectivity index (χ2n) is 2.65. The van der Waals surface area contributed by atoms with Crippen molar-refractivity contribution in [1.29, 1.82) is 0 Å². The molecule has 0 rings (SSSR count). The van der Waals surface area contributed by atoms with Crippen LogP contribution in [0, 0.1) is 0 Å². The van der Waals surface area contributed by atoms with Crippen molar-refractivity contribution in [3.63, 3.8) is 0 Å². The molecule has 0 amide bonds. The zero-order chi connectivity index (χ0) is 11.7. The van der Waals surface area contributed by atoms with E-state index in [1.165, 1.54) is 0 Å². The molecular weight excluding hydrogens is 216 g/mol. The van der Waals surface area contributed by atoms with Crippen LogP contribution >= 0.6 is 0 Å². The zero-order valence-electron chi connectivity index (χ0n) is 9.45. The summed E-state index contributed by atoms with van der Waals surface area (Å²) in [7, 11) is -3.29. The third-order valence-corrected chi connectivity index (χ3v) is 4.51. The van der Waals surface area contributed by atoms with Crippen molar-refractivity contribution in [3.8, 4) is 0 Å². The highest BCUT2D eigenvalue weighted by Crippen LogP contribution is 2.12. The smallest absolute Gasteiger partial charge is 0.369 e. The maximum Gasteiger partial charge on any atom is 0.575 e. The van der Waals surface area contributed by atoms with E-state index >= 15 is 0 Å². The Hall–Kier alpha value is -0.563. The van der Waals surface area contributed by atoms with E-state index in [0.717, 1.165) is 0 Å². The molecule has 0 aromatic heterocycles. The Balaban J connectivity index is 4.73. The maximum atomic E-state index is 11.7. The van der Waals surface area contributed by atoms with Crippen molar-refractivity contribution < 1.29 is 22.9 Å². The molecule has 0 saturated heterocycles. The average molecular weight is 234 g/mol. The molecule has 0 radical (unpaired) electrons. The molecule has 0 aliphatic carbocycles. The molecule has 0 aromatic carbocycles. The molecule has 0 atom stereocenters. The summed E-state index contributed by atoms with van der Waals surface area (Å²) in [6.45, 7) is 6.26. The van der Waals surface area contributed by atoms with Gasteiger partial charge in [-0.05, 0) is 20.8 Å². The van der Waals surface area contributed by atoms with E-state index in [1.807, 2.05) is 0 Å². The van der Waals surface area contributed by atoms with Crippen LogP contribution in [0.3, 0.4) is 0 Å². The van der Waals surface area contributed by atoms with Crippen LogP contribution < -0.4 is 0 Å². The molecule has 0 bridgehead atoms. The number of hydrogen-bond acceptors (Lipinski definition) is 5. The van der Waals surface area contributed by atoms with Crippen LogP contribution in [0.4, 0.5) is 0 Å². The highest BCUT2D eigenvalue weighted by Gasteiger charge is 2.49.